The van der Waals surface area contributed by atoms with Gasteiger partial charge >= 0.3 is 0 Å². The molecule has 0 aliphatic carbocycles. The molecule has 0 unspecified atom stereocenters. The highest BCUT2D eigenvalue weighted by Crippen LogP contribution is 2.43. The molecule has 10 heteroatoms. The lowest BCUT2D eigenvalue weighted by atomic mass is 9.71. The van der Waals surface area contributed by atoms with Crippen molar-refractivity contribution in [2.24, 2.45) is 11.3 Å². The van der Waals surface area contributed by atoms with E-state index in [2.05, 4.69) is 44.7 Å². The van der Waals surface area contributed by atoms with Crippen molar-refractivity contribution in [3.05, 3.63) is 54.0 Å². The zero-order chi connectivity index (χ0) is 31.1. The lowest BCUT2D eigenvalue weighted by Gasteiger charge is -2.47. The molecule has 45 heavy (non-hydrogen) atoms. The van der Waals surface area contributed by atoms with Gasteiger partial charge in [-0.05, 0) is 107 Å². The average molecular weight is 609 g/mol. The minimum absolute atomic E-state index is 0.236. The number of likely N-dealkylation sites (tertiary alicyclic amines) is 1. The molecule has 7 rings (SSSR count). The number of aryl methyl sites for hydroxylation is 1. The van der Waals surface area contributed by atoms with Crippen LogP contribution in [-0.4, -0.2) is 70.2 Å². The van der Waals surface area contributed by atoms with E-state index in [0.717, 1.165) is 65.3 Å². The zero-order valence-corrected chi connectivity index (χ0v) is 26.7. The minimum Gasteiger partial charge on any atom is -0.493 e. The van der Waals surface area contributed by atoms with Gasteiger partial charge in [0.2, 0.25) is 5.95 Å². The number of pyridine rings is 2. The molecule has 1 aromatic carbocycles. The molecule has 3 aromatic heterocycles. The number of hydrogen-bond donors (Lipinski definition) is 2. The summed E-state index contributed by atoms with van der Waals surface area (Å²) in [5.41, 5.74) is 13.4. The van der Waals surface area contributed by atoms with Crippen LogP contribution in [0.5, 0.6) is 5.75 Å². The van der Waals surface area contributed by atoms with E-state index in [1.807, 2.05) is 19.1 Å². The predicted molar refractivity (Wildman–Crippen MR) is 179 cm³/mol. The standard InChI is InChI=1S/C35H44N8O2/c1-23-5-4-16-45-32-6-11-37-21-26(32)28-18-25(17-24(2)38-28)33(44)40-34-39-29-19-27(36)30(20-31(29)43(34)22-23)42-14-9-35(10-15-42)7-12-41(3)13-8-35/h6,11,17-21,23H,4-5,7-10,12-16,22,36H2,1-3H3,(H,39,40,44)/t23-/m1/s1. The van der Waals surface area contributed by atoms with E-state index >= 15 is 0 Å². The number of benzene rings is 1. The number of rotatable bonds is 1. The molecule has 2 fully saturated rings. The van der Waals surface area contributed by atoms with Gasteiger partial charge in [-0.2, -0.15) is 0 Å². The van der Waals surface area contributed by atoms with Crippen LogP contribution in [0.4, 0.5) is 17.3 Å². The topological polar surface area (TPSA) is 114 Å². The first-order valence-corrected chi connectivity index (χ1v) is 16.4. The van der Waals surface area contributed by atoms with Crippen molar-refractivity contribution in [2.45, 2.75) is 58.9 Å². The van der Waals surface area contributed by atoms with Crippen LogP contribution >= 0.6 is 0 Å². The Morgan fingerprint density at radius 3 is 2.62 bits per heavy atom. The van der Waals surface area contributed by atoms with Gasteiger partial charge in [0.1, 0.15) is 5.75 Å². The Kier molecular flexibility index (Phi) is 7.85. The molecule has 3 aliphatic heterocycles. The summed E-state index contributed by atoms with van der Waals surface area (Å²) in [6.07, 6.45) is 10.3. The van der Waals surface area contributed by atoms with Gasteiger partial charge in [0.15, 0.2) is 0 Å². The van der Waals surface area contributed by atoms with Gasteiger partial charge in [-0.1, -0.05) is 6.92 Å². The molecule has 236 valence electrons. The van der Waals surface area contributed by atoms with E-state index in [4.69, 9.17) is 20.4 Å². The number of carbonyl (C=O) groups is 1. The number of anilines is 3. The Morgan fingerprint density at radius 1 is 1.04 bits per heavy atom. The van der Waals surface area contributed by atoms with Gasteiger partial charge in [0.05, 0.1) is 40.3 Å². The van der Waals surface area contributed by atoms with Crippen LogP contribution in [0, 0.1) is 18.3 Å². The maximum Gasteiger partial charge on any atom is 0.258 e. The molecule has 0 radical (unpaired) electrons. The Morgan fingerprint density at radius 2 is 1.82 bits per heavy atom. The zero-order valence-electron chi connectivity index (χ0n) is 26.7. The maximum absolute atomic E-state index is 13.8. The van der Waals surface area contributed by atoms with Crippen LogP contribution in [-0.2, 0) is 6.54 Å². The van der Waals surface area contributed by atoms with E-state index in [-0.39, 0.29) is 5.91 Å². The highest BCUT2D eigenvalue weighted by molar-refractivity contribution is 6.05. The minimum atomic E-state index is -0.236. The normalized spacial score (nSPS) is 20.9. The summed E-state index contributed by atoms with van der Waals surface area (Å²) < 4.78 is 8.39. The summed E-state index contributed by atoms with van der Waals surface area (Å²) in [5.74, 6) is 1.35. The number of aromatic nitrogens is 4. The van der Waals surface area contributed by atoms with Gasteiger partial charge in [-0.25, -0.2) is 4.98 Å². The van der Waals surface area contributed by atoms with E-state index in [9.17, 15) is 4.79 Å². The highest BCUT2D eigenvalue weighted by Gasteiger charge is 2.37. The van der Waals surface area contributed by atoms with Gasteiger partial charge in [-0.15, -0.1) is 0 Å². The van der Waals surface area contributed by atoms with Crippen molar-refractivity contribution in [3.63, 3.8) is 0 Å². The Labute approximate surface area is 265 Å². The third-order valence-corrected chi connectivity index (χ3v) is 10.2. The highest BCUT2D eigenvalue weighted by atomic mass is 16.5. The van der Waals surface area contributed by atoms with E-state index in [1.165, 1.54) is 38.8 Å². The SMILES string of the molecule is Cc1cc2cc(n1)-c1cnccc1OCCC[C@@H](C)Cn1c(nc3cc(N)c(N4CCC5(CCN(C)CC5)CC4)cc31)NC2=O. The second kappa shape index (κ2) is 12.0. The number of hydrogen-bond acceptors (Lipinski definition) is 8. The van der Waals surface area contributed by atoms with Crippen molar-refractivity contribution in [3.8, 4) is 17.0 Å². The summed E-state index contributed by atoms with van der Waals surface area (Å²) in [7, 11) is 2.23. The molecule has 4 aromatic rings. The number of imidazole rings is 1. The fourth-order valence-corrected chi connectivity index (χ4v) is 7.37. The Bertz CT molecular complexity index is 1710. The summed E-state index contributed by atoms with van der Waals surface area (Å²) in [4.78, 5) is 32.6. The Hall–Kier alpha value is -4.18. The van der Waals surface area contributed by atoms with Gasteiger partial charge in [-0.3, -0.25) is 20.1 Å². The number of nitrogens with zero attached hydrogens (tertiary/aromatic N) is 6. The van der Waals surface area contributed by atoms with E-state index in [1.54, 1.807) is 24.5 Å². The predicted octanol–water partition coefficient (Wildman–Crippen LogP) is 5.76. The molecular formula is C35H44N8O2. The van der Waals surface area contributed by atoms with Crippen LogP contribution in [0.3, 0.4) is 0 Å². The van der Waals surface area contributed by atoms with Crippen molar-refractivity contribution < 1.29 is 9.53 Å². The first-order chi connectivity index (χ1) is 21.8. The lowest BCUT2D eigenvalue weighted by Crippen LogP contribution is -2.46. The molecule has 2 bridgehead atoms. The molecule has 6 heterocycles. The number of amides is 1. The number of nitrogen functional groups attached to an aromatic ring is 1. The Balaban J connectivity index is 1.23. The van der Waals surface area contributed by atoms with Gasteiger partial charge in [0.25, 0.3) is 5.91 Å². The number of nitrogens with two attached hydrogens (primary N) is 1. The van der Waals surface area contributed by atoms with Crippen LogP contribution in [0.25, 0.3) is 22.3 Å². The van der Waals surface area contributed by atoms with Crippen molar-refractivity contribution >= 4 is 34.3 Å². The first-order valence-electron chi connectivity index (χ1n) is 16.4. The smallest absolute Gasteiger partial charge is 0.258 e. The number of carbonyl (C=O) groups excluding carboxylic acids is 1. The quantitative estimate of drug-likeness (QED) is 0.262. The molecule has 2 saturated heterocycles. The molecule has 1 atom stereocenters. The largest absolute Gasteiger partial charge is 0.493 e. The first kappa shape index (κ1) is 29.5. The van der Waals surface area contributed by atoms with E-state index < -0.39 is 0 Å². The number of piperidine rings is 2. The second-order valence-corrected chi connectivity index (χ2v) is 13.5. The van der Waals surface area contributed by atoms with Gasteiger partial charge in [0, 0.05) is 43.3 Å². The monoisotopic (exact) mass is 608 g/mol. The third-order valence-electron chi connectivity index (χ3n) is 10.2. The summed E-state index contributed by atoms with van der Waals surface area (Å²) in [6, 6.07) is 9.63. The molecule has 0 saturated carbocycles. The van der Waals surface area contributed by atoms with Crippen molar-refractivity contribution in [1.82, 2.24) is 24.4 Å². The molecular weight excluding hydrogens is 564 g/mol. The number of fused-ring (bicyclic) bond motifs is 7. The van der Waals surface area contributed by atoms with Crippen LogP contribution in [0.15, 0.2) is 42.7 Å². The fourth-order valence-electron chi connectivity index (χ4n) is 7.37. The third kappa shape index (κ3) is 5.95. The molecule has 1 amide bonds. The number of ether oxygens (including phenoxy) is 1. The summed E-state index contributed by atoms with van der Waals surface area (Å²) in [6.45, 7) is 9.84. The van der Waals surface area contributed by atoms with Crippen LogP contribution in [0.1, 0.15) is 61.5 Å². The second-order valence-electron chi connectivity index (χ2n) is 13.5. The van der Waals surface area contributed by atoms with Crippen LogP contribution in [0.2, 0.25) is 0 Å². The molecule has 10 nitrogen and oxygen atoms in total. The number of nitrogens with one attached hydrogen (secondary N) is 1. The van der Waals surface area contributed by atoms with E-state index in [0.29, 0.717) is 41.7 Å². The average Bonchev–Trinajstić information content (AvgIpc) is 3.35. The van der Waals surface area contributed by atoms with Crippen molar-refractivity contribution in [2.75, 3.05) is 55.8 Å². The van der Waals surface area contributed by atoms with Crippen molar-refractivity contribution in [1.29, 1.82) is 0 Å². The van der Waals surface area contributed by atoms with Gasteiger partial charge < -0.3 is 24.8 Å². The summed E-state index contributed by atoms with van der Waals surface area (Å²) in [5, 5.41) is 3.14. The maximum atomic E-state index is 13.8. The summed E-state index contributed by atoms with van der Waals surface area (Å²) >= 11 is 0. The fraction of sp³-hybridized carbons (Fsp3) is 0.486. The molecule has 3 aliphatic rings. The molecule has 1 spiro atoms. The lowest BCUT2D eigenvalue weighted by molar-refractivity contribution is 0.0945. The van der Waals surface area contributed by atoms with Crippen LogP contribution < -0.4 is 20.7 Å². The molecule has 3 N–H and O–H groups in total.